The van der Waals surface area contributed by atoms with E-state index in [2.05, 4.69) is 0 Å². The predicted octanol–water partition coefficient (Wildman–Crippen LogP) is 4.74. The molecule has 231 valence electrons. The molecule has 3 aromatic heterocycles. The second-order valence-corrected chi connectivity index (χ2v) is 9.89. The van der Waals surface area contributed by atoms with E-state index in [4.69, 9.17) is 0 Å². The Morgan fingerprint density at radius 1 is 0.512 bits per heavy atom. The van der Waals surface area contributed by atoms with Crippen molar-refractivity contribution in [3.8, 4) is 0 Å². The second-order valence-electron chi connectivity index (χ2n) is 7.04. The summed E-state index contributed by atoms with van der Waals surface area (Å²) in [5.74, 6) is -9.13. The third-order valence-corrected chi connectivity index (χ3v) is 6.57. The molecular weight excluding hydrogens is 802 g/mol. The molecule has 0 aliphatic rings. The standard InChI is InChI=1S/3C8H5F3O2S.Sm/c3*9-8(10,11)7(13)4-5(12)6-2-1-3-14-6;/h3*1-4,12H;/q;;;+3/p-3. The summed E-state index contributed by atoms with van der Waals surface area (Å²) >= 11 is 2.95. The minimum absolute atomic E-state index is 0. The Bertz CT molecular complexity index is 1230. The van der Waals surface area contributed by atoms with E-state index in [1.807, 2.05) is 0 Å². The zero-order valence-electron chi connectivity index (χ0n) is 20.4. The summed E-state index contributed by atoms with van der Waals surface area (Å²) in [6, 6.07) is 8.62. The van der Waals surface area contributed by atoms with Crippen LogP contribution in [0.3, 0.4) is 0 Å². The predicted molar refractivity (Wildman–Crippen MR) is 130 cm³/mol. The number of carbonyl (C=O) groups excluding carboxylic acids is 3. The van der Waals surface area contributed by atoms with Crippen LogP contribution in [0.1, 0.15) is 14.6 Å². The zero-order valence-corrected chi connectivity index (χ0v) is 25.5. The molecule has 1 radical (unpaired) electrons. The molecule has 3 rings (SSSR count). The fourth-order valence-electron chi connectivity index (χ4n) is 2.07. The van der Waals surface area contributed by atoms with Gasteiger partial charge in [0.05, 0.1) is 0 Å². The van der Waals surface area contributed by atoms with Crippen molar-refractivity contribution in [1.29, 1.82) is 0 Å². The topological polar surface area (TPSA) is 120 Å². The van der Waals surface area contributed by atoms with Gasteiger partial charge in [0.1, 0.15) is 0 Å². The van der Waals surface area contributed by atoms with E-state index in [0.717, 1.165) is 34.0 Å². The molecule has 0 aliphatic heterocycles. The molecular formula is C24H12F9O6S3Sm. The molecule has 6 nitrogen and oxygen atoms in total. The first-order valence-corrected chi connectivity index (χ1v) is 13.0. The molecule has 0 fully saturated rings. The van der Waals surface area contributed by atoms with Crippen LogP contribution in [0, 0.1) is 40.4 Å². The number of alkyl halides is 9. The van der Waals surface area contributed by atoms with Gasteiger partial charge < -0.3 is 15.3 Å². The summed E-state index contributed by atoms with van der Waals surface area (Å²) in [5.41, 5.74) is 0. The van der Waals surface area contributed by atoms with Gasteiger partial charge in [-0.05, 0) is 52.6 Å². The summed E-state index contributed by atoms with van der Waals surface area (Å²) in [5, 5.41) is 37.6. The quantitative estimate of drug-likeness (QED) is 0.202. The molecule has 0 atom stereocenters. The Balaban J connectivity index is 0.000000608. The average molecular weight is 814 g/mol. The molecule has 3 heterocycles. The van der Waals surface area contributed by atoms with Gasteiger partial charge >= 0.3 is 58.9 Å². The van der Waals surface area contributed by atoms with Gasteiger partial charge in [0.2, 0.25) is 0 Å². The minimum atomic E-state index is -4.98. The Hall–Kier alpha value is -2.56. The largest absolute Gasteiger partial charge is 3.00 e. The van der Waals surface area contributed by atoms with Crippen LogP contribution in [0.4, 0.5) is 39.5 Å². The molecule has 0 saturated carbocycles. The number of allylic oxidation sites excluding steroid dienone is 3. The van der Waals surface area contributed by atoms with Crippen LogP contribution in [0.15, 0.2) is 70.8 Å². The molecule has 0 saturated heterocycles. The molecule has 0 aliphatic carbocycles. The van der Waals surface area contributed by atoms with Crippen molar-refractivity contribution in [3.05, 3.63) is 85.4 Å². The molecule has 0 N–H and O–H groups in total. The van der Waals surface area contributed by atoms with Gasteiger partial charge in [-0.3, -0.25) is 14.4 Å². The number of rotatable bonds is 6. The first-order valence-electron chi connectivity index (χ1n) is 10.3. The Kier molecular flexibility index (Phi) is 16.6. The van der Waals surface area contributed by atoms with Gasteiger partial charge in [-0.25, -0.2) is 0 Å². The number of thiophene rings is 3. The average Bonchev–Trinajstić information content (AvgIpc) is 3.66. The third-order valence-electron chi connectivity index (χ3n) is 3.92. The zero-order chi connectivity index (χ0) is 32.3. The molecule has 43 heavy (non-hydrogen) atoms. The number of halogens is 9. The second kappa shape index (κ2) is 17.7. The first-order chi connectivity index (χ1) is 19.2. The van der Waals surface area contributed by atoms with Crippen LogP contribution in [-0.4, -0.2) is 35.9 Å². The van der Waals surface area contributed by atoms with Crippen LogP contribution in [0.25, 0.3) is 17.3 Å². The van der Waals surface area contributed by atoms with E-state index in [1.54, 1.807) is 16.1 Å². The maximum absolute atomic E-state index is 11.7. The van der Waals surface area contributed by atoms with Gasteiger partial charge in [-0.2, -0.15) is 39.5 Å². The van der Waals surface area contributed by atoms with E-state index in [0.29, 0.717) is 0 Å². The summed E-state index contributed by atoms with van der Waals surface area (Å²) in [6.07, 6.45) is -14.8. The van der Waals surface area contributed by atoms with Crippen LogP contribution in [0.5, 0.6) is 0 Å². The third kappa shape index (κ3) is 15.1. The summed E-state index contributed by atoms with van der Waals surface area (Å²) < 4.78 is 105. The molecule has 0 spiro atoms. The van der Waals surface area contributed by atoms with Crippen LogP contribution >= 0.6 is 34.0 Å². The molecule has 0 aromatic carbocycles. The normalized spacial score (nSPS) is 12.6. The number of ketones is 3. The molecule has 3 aromatic rings. The fraction of sp³-hybridized carbons (Fsp3) is 0.125. The Morgan fingerprint density at radius 3 is 0.860 bits per heavy atom. The molecule has 0 bridgehead atoms. The summed E-state index contributed by atoms with van der Waals surface area (Å²) in [6.45, 7) is 0. The number of carbonyl (C=O) groups is 3. The SMILES string of the molecule is O=C(C=C([O-])c1cccs1)C(F)(F)F.O=C(C=C([O-])c1cccs1)C(F)(F)F.O=C(C=C([O-])c1cccs1)C(F)(F)F.[Sm+3]. The van der Waals surface area contributed by atoms with Gasteiger partial charge in [0.25, 0.3) is 17.3 Å². The van der Waals surface area contributed by atoms with Crippen molar-refractivity contribution in [2.75, 3.05) is 0 Å². The van der Waals surface area contributed by atoms with Gasteiger partial charge in [0, 0.05) is 14.6 Å². The summed E-state index contributed by atoms with van der Waals surface area (Å²) in [4.78, 5) is 31.5. The molecule has 0 unspecified atom stereocenters. The van der Waals surface area contributed by atoms with Gasteiger partial charge in [0.15, 0.2) is 0 Å². The van der Waals surface area contributed by atoms with Crippen molar-refractivity contribution >= 4 is 68.6 Å². The van der Waals surface area contributed by atoms with E-state index < -0.39 is 53.2 Å². The first kappa shape index (κ1) is 40.4. The van der Waals surface area contributed by atoms with E-state index in [-0.39, 0.29) is 73.2 Å². The van der Waals surface area contributed by atoms with Crippen LogP contribution < -0.4 is 15.3 Å². The van der Waals surface area contributed by atoms with Crippen molar-refractivity contribution in [1.82, 2.24) is 0 Å². The molecule has 0 amide bonds. The van der Waals surface area contributed by atoms with Gasteiger partial charge in [-0.1, -0.05) is 35.5 Å². The van der Waals surface area contributed by atoms with Crippen LogP contribution in [-0.2, 0) is 14.4 Å². The van der Waals surface area contributed by atoms with E-state index >= 15 is 0 Å². The maximum atomic E-state index is 11.7. The number of hydrogen-bond acceptors (Lipinski definition) is 9. The smallest absolute Gasteiger partial charge is 0.871 e. The van der Waals surface area contributed by atoms with E-state index in [9.17, 15) is 69.2 Å². The Labute approximate surface area is 280 Å². The fourth-order valence-corrected chi connectivity index (χ4v) is 3.98. The van der Waals surface area contributed by atoms with Crippen molar-refractivity contribution < 1.29 is 110 Å². The monoisotopic (exact) mass is 815 g/mol. The molecule has 19 heteroatoms. The van der Waals surface area contributed by atoms with Crippen molar-refractivity contribution in [2.24, 2.45) is 0 Å². The Morgan fingerprint density at radius 2 is 0.721 bits per heavy atom. The van der Waals surface area contributed by atoms with Gasteiger partial charge in [-0.15, -0.1) is 34.0 Å². The summed E-state index contributed by atoms with van der Waals surface area (Å²) in [7, 11) is 0. The number of hydrogen-bond donors (Lipinski definition) is 0. The van der Waals surface area contributed by atoms with E-state index in [1.165, 1.54) is 36.4 Å². The van der Waals surface area contributed by atoms with Crippen molar-refractivity contribution in [2.45, 2.75) is 18.5 Å². The maximum Gasteiger partial charge on any atom is 3.00 e. The van der Waals surface area contributed by atoms with Crippen molar-refractivity contribution in [3.63, 3.8) is 0 Å². The minimum Gasteiger partial charge on any atom is -0.871 e. The van der Waals surface area contributed by atoms with Crippen LogP contribution in [0.2, 0.25) is 0 Å².